The van der Waals surface area contributed by atoms with E-state index in [2.05, 4.69) is 21.2 Å². The Kier molecular flexibility index (Phi) is 7.45. The minimum Gasteiger partial charge on any atom is -0.488 e. The molecule has 1 N–H and O–H groups in total. The minimum absolute atomic E-state index is 0.0661. The van der Waals surface area contributed by atoms with Crippen molar-refractivity contribution in [2.75, 3.05) is 5.32 Å². The highest BCUT2D eigenvalue weighted by Crippen LogP contribution is 2.28. The summed E-state index contributed by atoms with van der Waals surface area (Å²) in [6, 6.07) is 18.5. The van der Waals surface area contributed by atoms with Crippen LogP contribution in [0.1, 0.15) is 16.7 Å². The van der Waals surface area contributed by atoms with Crippen molar-refractivity contribution in [2.45, 2.75) is 13.5 Å². The predicted molar refractivity (Wildman–Crippen MR) is 123 cm³/mol. The molecule has 156 valence electrons. The Morgan fingerprint density at radius 2 is 2.00 bits per heavy atom. The normalized spacial score (nSPS) is 11.0. The Labute approximate surface area is 193 Å². The molecule has 0 fully saturated rings. The first kappa shape index (κ1) is 22.5. The number of nitrogens with zero attached hydrogens (tertiary/aromatic N) is 1. The summed E-state index contributed by atoms with van der Waals surface area (Å²) in [6.07, 6.45) is 1.47. The van der Waals surface area contributed by atoms with E-state index in [4.69, 9.17) is 16.3 Å². The van der Waals surface area contributed by atoms with Crippen molar-refractivity contribution in [3.05, 3.63) is 98.2 Å². The Morgan fingerprint density at radius 1 is 1.23 bits per heavy atom. The summed E-state index contributed by atoms with van der Waals surface area (Å²) in [5.41, 5.74) is 2.39. The van der Waals surface area contributed by atoms with Gasteiger partial charge in [0.15, 0.2) is 0 Å². The van der Waals surface area contributed by atoms with Crippen LogP contribution in [0.15, 0.2) is 70.7 Å². The van der Waals surface area contributed by atoms with Gasteiger partial charge in [-0.1, -0.05) is 41.9 Å². The number of halogens is 3. The predicted octanol–water partition coefficient (Wildman–Crippen LogP) is 6.67. The number of carbonyl (C=O) groups excluding carboxylic acids is 1. The van der Waals surface area contributed by atoms with Crippen LogP contribution < -0.4 is 10.1 Å². The third-order valence-electron chi connectivity index (χ3n) is 4.40. The van der Waals surface area contributed by atoms with Gasteiger partial charge in [-0.3, -0.25) is 4.79 Å². The van der Waals surface area contributed by atoms with Crippen LogP contribution in [0.25, 0.3) is 6.08 Å². The quantitative estimate of drug-likeness (QED) is 0.304. The van der Waals surface area contributed by atoms with E-state index in [-0.39, 0.29) is 18.0 Å². The molecule has 0 heterocycles. The monoisotopic (exact) mass is 498 g/mol. The molecule has 7 heteroatoms. The zero-order valence-corrected chi connectivity index (χ0v) is 18.8. The van der Waals surface area contributed by atoms with E-state index in [0.29, 0.717) is 32.1 Å². The van der Waals surface area contributed by atoms with Crippen molar-refractivity contribution in [3.8, 4) is 11.8 Å². The van der Waals surface area contributed by atoms with Gasteiger partial charge >= 0.3 is 0 Å². The van der Waals surface area contributed by atoms with Crippen molar-refractivity contribution in [1.29, 1.82) is 5.26 Å². The van der Waals surface area contributed by atoms with Crippen LogP contribution in [-0.2, 0) is 11.4 Å². The maximum atomic E-state index is 13.7. The summed E-state index contributed by atoms with van der Waals surface area (Å²) in [7, 11) is 0. The van der Waals surface area contributed by atoms with E-state index in [9.17, 15) is 14.4 Å². The molecular weight excluding hydrogens is 483 g/mol. The number of carbonyl (C=O) groups is 1. The highest BCUT2D eigenvalue weighted by molar-refractivity contribution is 9.10. The van der Waals surface area contributed by atoms with Crippen molar-refractivity contribution < 1.29 is 13.9 Å². The number of hydrogen-bond acceptors (Lipinski definition) is 3. The highest BCUT2D eigenvalue weighted by atomic mass is 79.9. The SMILES string of the molecule is Cc1ccc(NC(=O)/C(C#N)=C\c2ccc(OCc3ccccc3F)c(Br)c2)cc1Cl. The number of nitriles is 1. The van der Waals surface area contributed by atoms with Crippen LogP contribution in [0.2, 0.25) is 5.02 Å². The van der Waals surface area contributed by atoms with Crippen LogP contribution in [0.3, 0.4) is 0 Å². The van der Waals surface area contributed by atoms with Crippen molar-refractivity contribution >= 4 is 45.2 Å². The van der Waals surface area contributed by atoms with E-state index in [0.717, 1.165) is 5.56 Å². The average molecular weight is 500 g/mol. The van der Waals surface area contributed by atoms with Crippen LogP contribution >= 0.6 is 27.5 Å². The Hall–Kier alpha value is -3.14. The van der Waals surface area contributed by atoms with E-state index in [1.54, 1.807) is 54.6 Å². The molecule has 0 bridgehead atoms. The summed E-state index contributed by atoms with van der Waals surface area (Å²) in [5, 5.41) is 12.6. The molecule has 0 atom stereocenters. The van der Waals surface area contributed by atoms with Crippen LogP contribution in [0, 0.1) is 24.1 Å². The summed E-state index contributed by atoms with van der Waals surface area (Å²) < 4.78 is 20.0. The lowest BCUT2D eigenvalue weighted by molar-refractivity contribution is -0.112. The highest BCUT2D eigenvalue weighted by Gasteiger charge is 2.11. The largest absolute Gasteiger partial charge is 0.488 e. The molecule has 0 radical (unpaired) electrons. The van der Waals surface area contributed by atoms with Gasteiger partial charge in [0.25, 0.3) is 5.91 Å². The lowest BCUT2D eigenvalue weighted by atomic mass is 10.1. The Bertz CT molecular complexity index is 1200. The molecule has 3 aromatic carbocycles. The second kappa shape index (κ2) is 10.3. The number of amides is 1. The van der Waals surface area contributed by atoms with Gasteiger partial charge in [0.2, 0.25) is 0 Å². The van der Waals surface area contributed by atoms with Gasteiger partial charge in [0.1, 0.15) is 29.8 Å². The molecule has 3 rings (SSSR count). The fourth-order valence-electron chi connectivity index (χ4n) is 2.68. The number of ether oxygens (including phenoxy) is 1. The first-order valence-electron chi connectivity index (χ1n) is 9.22. The maximum Gasteiger partial charge on any atom is 0.266 e. The number of rotatable bonds is 6. The van der Waals surface area contributed by atoms with E-state index in [1.165, 1.54) is 12.1 Å². The number of nitrogens with one attached hydrogen (secondary N) is 1. The van der Waals surface area contributed by atoms with Crippen LogP contribution in [-0.4, -0.2) is 5.91 Å². The molecule has 0 aliphatic heterocycles. The molecule has 0 unspecified atom stereocenters. The van der Waals surface area contributed by atoms with Crippen LogP contribution in [0.5, 0.6) is 5.75 Å². The van der Waals surface area contributed by atoms with E-state index < -0.39 is 5.91 Å². The van der Waals surface area contributed by atoms with Gasteiger partial charge in [-0.05, 0) is 70.4 Å². The molecule has 0 aliphatic rings. The fraction of sp³-hybridized carbons (Fsp3) is 0.0833. The first-order valence-corrected chi connectivity index (χ1v) is 10.4. The molecule has 0 aromatic heterocycles. The zero-order chi connectivity index (χ0) is 22.4. The molecule has 1 amide bonds. The second-order valence-electron chi connectivity index (χ2n) is 6.66. The molecule has 0 spiro atoms. The standard InChI is InChI=1S/C24H17BrClFN2O2/c1-15-6-8-19(12-21(15)26)29-24(30)18(13-28)10-16-7-9-23(20(25)11-16)31-14-17-4-2-3-5-22(17)27/h2-12H,14H2,1H3,(H,29,30)/b18-10-. The number of aryl methyl sites for hydroxylation is 1. The molecule has 0 saturated carbocycles. The maximum absolute atomic E-state index is 13.7. The second-order valence-corrected chi connectivity index (χ2v) is 7.92. The first-order chi connectivity index (χ1) is 14.9. The lowest BCUT2D eigenvalue weighted by Gasteiger charge is -2.10. The van der Waals surface area contributed by atoms with Gasteiger partial charge in [-0.25, -0.2) is 4.39 Å². The molecule has 0 aliphatic carbocycles. The zero-order valence-electron chi connectivity index (χ0n) is 16.5. The van der Waals surface area contributed by atoms with Gasteiger partial charge in [0.05, 0.1) is 4.47 Å². The van der Waals surface area contributed by atoms with Gasteiger partial charge in [-0.2, -0.15) is 5.26 Å². The average Bonchev–Trinajstić information content (AvgIpc) is 2.75. The number of benzene rings is 3. The van der Waals surface area contributed by atoms with Gasteiger partial charge < -0.3 is 10.1 Å². The van der Waals surface area contributed by atoms with Crippen LogP contribution in [0.4, 0.5) is 10.1 Å². The molecule has 0 saturated heterocycles. The molecule has 4 nitrogen and oxygen atoms in total. The Balaban J connectivity index is 1.72. The minimum atomic E-state index is -0.543. The molecular formula is C24H17BrClFN2O2. The van der Waals surface area contributed by atoms with E-state index in [1.807, 2.05) is 13.0 Å². The van der Waals surface area contributed by atoms with Crippen molar-refractivity contribution in [3.63, 3.8) is 0 Å². The summed E-state index contributed by atoms with van der Waals surface area (Å²) in [5.74, 6) is -0.367. The third-order valence-corrected chi connectivity index (χ3v) is 5.43. The number of anilines is 1. The molecule has 3 aromatic rings. The lowest BCUT2D eigenvalue weighted by Crippen LogP contribution is -2.13. The third kappa shape index (κ3) is 5.94. The molecule has 31 heavy (non-hydrogen) atoms. The van der Waals surface area contributed by atoms with Gasteiger partial charge in [0, 0.05) is 16.3 Å². The smallest absolute Gasteiger partial charge is 0.266 e. The van der Waals surface area contributed by atoms with Crippen molar-refractivity contribution in [1.82, 2.24) is 0 Å². The number of hydrogen-bond donors (Lipinski definition) is 1. The topological polar surface area (TPSA) is 62.1 Å². The fourth-order valence-corrected chi connectivity index (χ4v) is 3.37. The Morgan fingerprint density at radius 3 is 2.68 bits per heavy atom. The van der Waals surface area contributed by atoms with E-state index >= 15 is 0 Å². The summed E-state index contributed by atoms with van der Waals surface area (Å²) >= 11 is 9.49. The summed E-state index contributed by atoms with van der Waals surface area (Å²) in [4.78, 5) is 12.5. The van der Waals surface area contributed by atoms with Gasteiger partial charge in [-0.15, -0.1) is 0 Å². The summed E-state index contributed by atoms with van der Waals surface area (Å²) in [6.45, 7) is 1.93. The van der Waals surface area contributed by atoms with Crippen molar-refractivity contribution in [2.24, 2.45) is 0 Å².